The van der Waals surface area contributed by atoms with Gasteiger partial charge in [0.1, 0.15) is 6.20 Å². The average Bonchev–Trinajstić information content (AvgIpc) is 2.66. The molecule has 0 unspecified atom stereocenters. The van der Waals surface area contributed by atoms with Crippen LogP contribution in [0.2, 0.25) is 0 Å². The summed E-state index contributed by atoms with van der Waals surface area (Å²) in [5, 5.41) is 11.3. The number of hydrogen-bond acceptors (Lipinski definition) is 3. The lowest BCUT2D eigenvalue weighted by Crippen LogP contribution is -2.05. The predicted octanol–water partition coefficient (Wildman–Crippen LogP) is 6.36. The highest BCUT2D eigenvalue weighted by Gasteiger charge is 2.32. The minimum atomic E-state index is -4.66. The van der Waals surface area contributed by atoms with E-state index in [1.54, 1.807) is 0 Å². The quantitative estimate of drug-likeness (QED) is 0.286. The van der Waals surface area contributed by atoms with E-state index in [-0.39, 0.29) is 22.4 Å². The molecule has 3 aromatic rings. The largest absolute Gasteiger partial charge is 0.416 e. The number of aromatic nitrogens is 1. The topological polar surface area (TPSA) is 56.0 Å². The van der Waals surface area contributed by atoms with Gasteiger partial charge in [0.2, 0.25) is 0 Å². The Bertz CT molecular complexity index is 1080. The van der Waals surface area contributed by atoms with Gasteiger partial charge >= 0.3 is 12.4 Å². The average molecular weight is 412 g/mol. The fourth-order valence-electron chi connectivity index (χ4n) is 2.70. The predicted molar refractivity (Wildman–Crippen MR) is 91.8 cm³/mol. The fourth-order valence-corrected chi connectivity index (χ4v) is 2.70. The summed E-state index contributed by atoms with van der Waals surface area (Å²) in [4.78, 5) is 14.3. The van der Waals surface area contributed by atoms with E-state index in [0.717, 1.165) is 48.7 Å². The SMILES string of the molecule is O=[N+]([O-])c1cnc(-c2cccc(C(F)(F)F)c2)cc1-c1cccc(C(F)(F)F)c1. The van der Waals surface area contributed by atoms with Crippen LogP contribution < -0.4 is 0 Å². The molecule has 0 N–H and O–H groups in total. The molecule has 0 aliphatic carbocycles. The van der Waals surface area contributed by atoms with Crippen molar-refractivity contribution in [3.8, 4) is 22.4 Å². The van der Waals surface area contributed by atoms with Gasteiger partial charge in [-0.15, -0.1) is 0 Å². The summed E-state index contributed by atoms with van der Waals surface area (Å²) < 4.78 is 77.8. The van der Waals surface area contributed by atoms with Crippen LogP contribution in [0.4, 0.5) is 32.0 Å². The molecule has 29 heavy (non-hydrogen) atoms. The van der Waals surface area contributed by atoms with Gasteiger partial charge in [0.25, 0.3) is 5.69 Å². The number of halogens is 6. The zero-order valence-corrected chi connectivity index (χ0v) is 14.3. The molecule has 4 nitrogen and oxygen atoms in total. The van der Waals surface area contributed by atoms with Crippen LogP contribution >= 0.6 is 0 Å². The van der Waals surface area contributed by atoms with Crippen molar-refractivity contribution in [2.24, 2.45) is 0 Å². The third kappa shape index (κ3) is 4.36. The minimum Gasteiger partial charge on any atom is -0.258 e. The molecule has 0 spiro atoms. The van der Waals surface area contributed by atoms with Crippen LogP contribution in [0, 0.1) is 10.1 Å². The molecular formula is C19H10F6N2O2. The lowest BCUT2D eigenvalue weighted by atomic mass is 9.99. The Hall–Kier alpha value is -3.43. The van der Waals surface area contributed by atoms with Crippen molar-refractivity contribution in [1.82, 2.24) is 4.98 Å². The molecular weight excluding hydrogens is 402 g/mol. The van der Waals surface area contributed by atoms with Gasteiger partial charge in [0.05, 0.1) is 27.3 Å². The minimum absolute atomic E-state index is 0.0166. The van der Waals surface area contributed by atoms with Gasteiger partial charge in [0.15, 0.2) is 0 Å². The highest BCUT2D eigenvalue weighted by molar-refractivity contribution is 5.78. The van der Waals surface area contributed by atoms with E-state index in [9.17, 15) is 36.5 Å². The number of alkyl halides is 6. The zero-order chi connectivity index (χ0) is 21.4. The molecule has 0 radical (unpaired) electrons. The Labute approximate surface area is 159 Å². The second-order valence-electron chi connectivity index (χ2n) is 6.00. The maximum atomic E-state index is 13.0. The molecule has 1 heterocycles. The zero-order valence-electron chi connectivity index (χ0n) is 14.3. The molecule has 3 rings (SSSR count). The van der Waals surface area contributed by atoms with E-state index < -0.39 is 34.1 Å². The third-order valence-corrected chi connectivity index (χ3v) is 4.07. The lowest BCUT2D eigenvalue weighted by Gasteiger charge is -2.11. The molecule has 1 aromatic heterocycles. The van der Waals surface area contributed by atoms with Crippen molar-refractivity contribution < 1.29 is 31.3 Å². The van der Waals surface area contributed by atoms with E-state index in [4.69, 9.17) is 0 Å². The van der Waals surface area contributed by atoms with Crippen molar-refractivity contribution in [3.63, 3.8) is 0 Å². The van der Waals surface area contributed by atoms with Crippen LogP contribution in [-0.2, 0) is 12.4 Å². The highest BCUT2D eigenvalue weighted by Crippen LogP contribution is 2.37. The fraction of sp³-hybridized carbons (Fsp3) is 0.105. The lowest BCUT2D eigenvalue weighted by molar-refractivity contribution is -0.384. The number of rotatable bonds is 3. The number of benzene rings is 2. The van der Waals surface area contributed by atoms with Crippen LogP contribution in [-0.4, -0.2) is 9.91 Å². The normalized spacial score (nSPS) is 12.1. The first-order valence-corrected chi connectivity index (χ1v) is 7.96. The molecule has 150 valence electrons. The molecule has 10 heteroatoms. The van der Waals surface area contributed by atoms with Crippen molar-refractivity contribution in [2.75, 3.05) is 0 Å². The van der Waals surface area contributed by atoms with Gasteiger partial charge in [-0.05, 0) is 35.9 Å². The maximum absolute atomic E-state index is 13.0. The molecule has 0 atom stereocenters. The van der Waals surface area contributed by atoms with E-state index in [1.807, 2.05) is 0 Å². The van der Waals surface area contributed by atoms with Gasteiger partial charge in [-0.2, -0.15) is 26.3 Å². The van der Waals surface area contributed by atoms with Gasteiger partial charge in [-0.3, -0.25) is 10.1 Å². The number of nitrogens with zero attached hydrogens (tertiary/aromatic N) is 2. The highest BCUT2D eigenvalue weighted by atomic mass is 19.4. The van der Waals surface area contributed by atoms with E-state index in [2.05, 4.69) is 4.98 Å². The summed E-state index contributed by atoms with van der Waals surface area (Å²) in [5.41, 5.74) is -2.86. The smallest absolute Gasteiger partial charge is 0.258 e. The Kier molecular flexibility index (Phi) is 5.04. The second-order valence-corrected chi connectivity index (χ2v) is 6.00. The van der Waals surface area contributed by atoms with E-state index in [0.29, 0.717) is 0 Å². The molecule has 0 saturated carbocycles. The molecule has 0 aliphatic rings. The first-order chi connectivity index (χ1) is 13.5. The summed E-state index contributed by atoms with van der Waals surface area (Å²) in [6, 6.07) is 9.10. The number of hydrogen-bond donors (Lipinski definition) is 0. The summed E-state index contributed by atoms with van der Waals surface area (Å²) in [6.07, 6.45) is -8.46. The van der Waals surface area contributed by atoms with Gasteiger partial charge in [-0.25, -0.2) is 4.98 Å². The summed E-state index contributed by atoms with van der Waals surface area (Å²) >= 11 is 0. The number of nitro groups is 1. The molecule has 0 bridgehead atoms. The van der Waals surface area contributed by atoms with E-state index in [1.165, 1.54) is 12.1 Å². The standard InChI is InChI=1S/C19H10F6N2O2/c20-18(21,22)13-5-1-3-11(7-13)15-9-16(26-10-17(15)27(28)29)12-4-2-6-14(8-12)19(23,24)25/h1-10H. The number of pyridine rings is 1. The van der Waals surface area contributed by atoms with Crippen molar-refractivity contribution in [3.05, 3.63) is 82.0 Å². The van der Waals surface area contributed by atoms with Gasteiger partial charge < -0.3 is 0 Å². The molecule has 0 aliphatic heterocycles. The first-order valence-electron chi connectivity index (χ1n) is 7.96. The Morgan fingerprint density at radius 3 is 1.83 bits per heavy atom. The van der Waals surface area contributed by atoms with Crippen LogP contribution in [0.3, 0.4) is 0 Å². The van der Waals surface area contributed by atoms with Crippen molar-refractivity contribution in [2.45, 2.75) is 12.4 Å². The summed E-state index contributed by atoms with van der Waals surface area (Å²) in [6.45, 7) is 0. The molecule has 2 aromatic carbocycles. The van der Waals surface area contributed by atoms with Crippen molar-refractivity contribution >= 4 is 5.69 Å². The summed E-state index contributed by atoms with van der Waals surface area (Å²) in [7, 11) is 0. The van der Waals surface area contributed by atoms with Crippen molar-refractivity contribution in [1.29, 1.82) is 0 Å². The van der Waals surface area contributed by atoms with Gasteiger partial charge in [0, 0.05) is 5.56 Å². The molecule has 0 saturated heterocycles. The molecule has 0 amide bonds. The van der Waals surface area contributed by atoms with Crippen LogP contribution in [0.25, 0.3) is 22.4 Å². The van der Waals surface area contributed by atoms with E-state index >= 15 is 0 Å². The van der Waals surface area contributed by atoms with Crippen LogP contribution in [0.5, 0.6) is 0 Å². The monoisotopic (exact) mass is 412 g/mol. The van der Waals surface area contributed by atoms with Crippen LogP contribution in [0.15, 0.2) is 60.8 Å². The maximum Gasteiger partial charge on any atom is 0.416 e. The Morgan fingerprint density at radius 2 is 1.31 bits per heavy atom. The third-order valence-electron chi connectivity index (χ3n) is 4.07. The molecule has 0 fully saturated rings. The van der Waals surface area contributed by atoms with Crippen LogP contribution in [0.1, 0.15) is 11.1 Å². The first kappa shape index (κ1) is 20.3. The summed E-state index contributed by atoms with van der Waals surface area (Å²) in [5.74, 6) is 0. The Morgan fingerprint density at radius 1 is 0.793 bits per heavy atom. The Balaban J connectivity index is 2.17. The second kappa shape index (κ2) is 7.19. The van der Waals surface area contributed by atoms with Gasteiger partial charge in [-0.1, -0.05) is 24.3 Å².